The van der Waals surface area contributed by atoms with E-state index in [0.29, 0.717) is 36.8 Å². The molecule has 1 saturated heterocycles. The average molecular weight is 436 g/mol. The van der Waals surface area contributed by atoms with Gasteiger partial charge in [0.15, 0.2) is 5.58 Å². The second kappa shape index (κ2) is 8.90. The Hall–Kier alpha value is -2.93. The molecular formula is C25H29N3O4. The number of carbonyl (C=O) groups is 2. The van der Waals surface area contributed by atoms with Gasteiger partial charge >= 0.3 is 0 Å². The minimum absolute atomic E-state index is 0.236. The van der Waals surface area contributed by atoms with E-state index in [1.54, 1.807) is 0 Å². The molecule has 2 aliphatic rings. The lowest BCUT2D eigenvalue weighted by Gasteiger charge is -2.31. The first-order valence-electron chi connectivity index (χ1n) is 11.6. The highest BCUT2D eigenvalue weighted by atomic mass is 16.5. The third-order valence-corrected chi connectivity index (χ3v) is 6.93. The summed E-state index contributed by atoms with van der Waals surface area (Å²) >= 11 is 0. The zero-order chi connectivity index (χ0) is 22.1. The number of rotatable bonds is 6. The van der Waals surface area contributed by atoms with Crippen molar-refractivity contribution < 1.29 is 18.8 Å². The van der Waals surface area contributed by atoms with Crippen molar-refractivity contribution in [3.05, 3.63) is 36.0 Å². The minimum atomic E-state index is -0.481. The van der Waals surface area contributed by atoms with Gasteiger partial charge < -0.3 is 14.2 Å². The number of carbonyl (C=O) groups excluding carboxylic acids is 2. The van der Waals surface area contributed by atoms with Crippen molar-refractivity contribution in [3.8, 4) is 5.75 Å². The second-order valence-corrected chi connectivity index (χ2v) is 9.01. The molecule has 168 valence electrons. The second-order valence-electron chi connectivity index (χ2n) is 9.01. The van der Waals surface area contributed by atoms with Gasteiger partial charge in [0.1, 0.15) is 18.1 Å². The van der Waals surface area contributed by atoms with Crippen LogP contribution in [-0.4, -0.2) is 48.1 Å². The fourth-order valence-electron chi connectivity index (χ4n) is 5.07. The van der Waals surface area contributed by atoms with Crippen LogP contribution in [0.1, 0.15) is 56.6 Å². The van der Waals surface area contributed by atoms with Gasteiger partial charge in [0.2, 0.25) is 11.8 Å². The smallest absolute Gasteiger partial charge is 0.235 e. The lowest BCUT2D eigenvalue weighted by Crippen LogP contribution is -2.39. The van der Waals surface area contributed by atoms with Crippen LogP contribution in [0.3, 0.4) is 0 Å². The number of imide groups is 1. The van der Waals surface area contributed by atoms with Crippen LogP contribution in [0.2, 0.25) is 0 Å². The number of aromatic nitrogens is 1. The van der Waals surface area contributed by atoms with Gasteiger partial charge in [-0.1, -0.05) is 30.5 Å². The Labute approximate surface area is 187 Å². The normalized spacial score (nSPS) is 20.2. The van der Waals surface area contributed by atoms with Gasteiger partial charge in [-0.25, -0.2) is 0 Å². The molecule has 2 fully saturated rings. The minimum Gasteiger partial charge on any atom is -0.492 e. The van der Waals surface area contributed by atoms with Gasteiger partial charge in [-0.2, -0.15) is 0 Å². The summed E-state index contributed by atoms with van der Waals surface area (Å²) in [6.45, 7) is 1.56. The molecule has 1 atom stereocenters. The molecule has 1 aromatic heterocycles. The summed E-state index contributed by atoms with van der Waals surface area (Å²) < 4.78 is 11.6. The first-order valence-corrected chi connectivity index (χ1v) is 11.6. The first-order chi connectivity index (χ1) is 15.6. The monoisotopic (exact) mass is 435 g/mol. The molecule has 3 aromatic rings. The number of nitrogens with one attached hydrogen (secondary N) is 1. The fraction of sp³-hybridized carbons (Fsp3) is 0.480. The zero-order valence-electron chi connectivity index (χ0n) is 18.4. The lowest BCUT2D eigenvalue weighted by molar-refractivity contribution is -0.134. The van der Waals surface area contributed by atoms with E-state index in [0.717, 1.165) is 28.5 Å². The van der Waals surface area contributed by atoms with Gasteiger partial charge in [-0.3, -0.25) is 14.9 Å². The molecule has 7 nitrogen and oxygen atoms in total. The number of hydrogen-bond donors (Lipinski definition) is 1. The Morgan fingerprint density at radius 2 is 1.97 bits per heavy atom. The van der Waals surface area contributed by atoms with Gasteiger partial charge in [0.25, 0.3) is 0 Å². The molecule has 32 heavy (non-hydrogen) atoms. The summed E-state index contributed by atoms with van der Waals surface area (Å²) in [4.78, 5) is 26.3. The molecule has 2 amide bonds. The Kier molecular flexibility index (Phi) is 5.83. The molecule has 2 aromatic carbocycles. The Balaban J connectivity index is 1.34. The van der Waals surface area contributed by atoms with Crippen molar-refractivity contribution in [1.29, 1.82) is 0 Å². The van der Waals surface area contributed by atoms with Crippen molar-refractivity contribution in [2.45, 2.75) is 56.9 Å². The number of ether oxygens (including phenoxy) is 1. The van der Waals surface area contributed by atoms with E-state index in [9.17, 15) is 9.59 Å². The molecule has 1 aliphatic heterocycles. The predicted molar refractivity (Wildman–Crippen MR) is 122 cm³/mol. The lowest BCUT2D eigenvalue weighted by atomic mass is 9.91. The average Bonchev–Trinajstić information content (AvgIpc) is 3.24. The van der Waals surface area contributed by atoms with E-state index < -0.39 is 5.92 Å². The van der Waals surface area contributed by atoms with Gasteiger partial charge in [-0.05, 0) is 61.3 Å². The molecule has 1 saturated carbocycles. The summed E-state index contributed by atoms with van der Waals surface area (Å²) in [7, 11) is 2.19. The summed E-state index contributed by atoms with van der Waals surface area (Å²) in [5.41, 5.74) is 1.23. The van der Waals surface area contributed by atoms with Crippen molar-refractivity contribution in [3.63, 3.8) is 0 Å². The highest BCUT2D eigenvalue weighted by Crippen LogP contribution is 2.36. The Morgan fingerprint density at radius 1 is 1.12 bits per heavy atom. The van der Waals surface area contributed by atoms with Crippen LogP contribution >= 0.6 is 0 Å². The standard InChI is InChI=1S/C25H29N3O4/c1-28(17-5-3-2-4-6-17)13-14-31-18-8-9-19-16(15-18)7-11-21-23(19)24(27-32-21)20-10-12-22(29)26-25(20)30/h7-9,11,15,17,20H,2-6,10,12-14H2,1H3,(H,26,29,30)/t20-/m1/s1. The Morgan fingerprint density at radius 3 is 2.78 bits per heavy atom. The first kappa shape index (κ1) is 20.9. The molecule has 1 aliphatic carbocycles. The quantitative estimate of drug-likeness (QED) is 0.586. The molecule has 0 bridgehead atoms. The van der Waals surface area contributed by atoms with Gasteiger partial charge in [-0.15, -0.1) is 0 Å². The van der Waals surface area contributed by atoms with E-state index in [1.165, 1.54) is 32.1 Å². The third kappa shape index (κ3) is 4.09. The summed E-state index contributed by atoms with van der Waals surface area (Å²) in [6.07, 6.45) is 7.36. The highest BCUT2D eigenvalue weighted by molar-refractivity contribution is 6.10. The summed E-state index contributed by atoms with van der Waals surface area (Å²) in [5, 5.41) is 9.42. The summed E-state index contributed by atoms with van der Waals surface area (Å²) in [5.74, 6) is -0.200. The van der Waals surface area contributed by atoms with Crippen LogP contribution in [-0.2, 0) is 9.59 Å². The van der Waals surface area contributed by atoms with E-state index >= 15 is 0 Å². The van der Waals surface area contributed by atoms with Gasteiger partial charge in [0, 0.05) is 19.0 Å². The summed E-state index contributed by atoms with van der Waals surface area (Å²) in [6, 6.07) is 10.5. The molecule has 0 unspecified atom stereocenters. The SMILES string of the molecule is CN(CCOc1ccc2c(ccc3onc([C@H]4CCC(=O)NC4=O)c32)c1)C1CCCCC1. The number of piperidine rings is 1. The van der Waals surface area contributed by atoms with Crippen molar-refractivity contribution in [2.24, 2.45) is 0 Å². The van der Waals surface area contributed by atoms with Crippen molar-refractivity contribution in [2.75, 3.05) is 20.2 Å². The van der Waals surface area contributed by atoms with E-state index in [-0.39, 0.29) is 11.8 Å². The van der Waals surface area contributed by atoms with Crippen LogP contribution in [0.15, 0.2) is 34.9 Å². The number of nitrogens with zero attached hydrogens (tertiary/aromatic N) is 2. The Bertz CT molecular complexity index is 1150. The van der Waals surface area contributed by atoms with E-state index in [1.807, 2.05) is 30.3 Å². The number of fused-ring (bicyclic) bond motifs is 3. The zero-order valence-corrected chi connectivity index (χ0v) is 18.4. The fourth-order valence-corrected chi connectivity index (χ4v) is 5.07. The van der Waals surface area contributed by atoms with Crippen LogP contribution < -0.4 is 10.1 Å². The molecule has 7 heteroatoms. The topological polar surface area (TPSA) is 84.7 Å². The molecule has 1 N–H and O–H groups in total. The van der Waals surface area contributed by atoms with E-state index in [2.05, 4.69) is 22.4 Å². The third-order valence-electron chi connectivity index (χ3n) is 6.93. The molecular weight excluding hydrogens is 406 g/mol. The molecule has 5 rings (SSSR count). The van der Waals surface area contributed by atoms with Crippen LogP contribution in [0.5, 0.6) is 5.75 Å². The molecule has 0 radical (unpaired) electrons. The maximum absolute atomic E-state index is 12.4. The van der Waals surface area contributed by atoms with Gasteiger partial charge in [0.05, 0.1) is 11.3 Å². The number of amides is 2. The van der Waals surface area contributed by atoms with Crippen molar-refractivity contribution in [1.82, 2.24) is 15.4 Å². The van der Waals surface area contributed by atoms with Crippen molar-refractivity contribution >= 4 is 33.6 Å². The van der Waals surface area contributed by atoms with E-state index in [4.69, 9.17) is 9.26 Å². The predicted octanol–water partition coefficient (Wildman–Crippen LogP) is 4.14. The number of benzene rings is 2. The van der Waals surface area contributed by atoms with Crippen LogP contribution in [0.4, 0.5) is 0 Å². The van der Waals surface area contributed by atoms with Crippen LogP contribution in [0, 0.1) is 0 Å². The largest absolute Gasteiger partial charge is 0.492 e. The molecule has 0 spiro atoms. The number of likely N-dealkylation sites (N-methyl/N-ethyl adjacent to an activating group) is 1. The van der Waals surface area contributed by atoms with Crippen LogP contribution in [0.25, 0.3) is 21.7 Å². The molecule has 2 heterocycles. The maximum Gasteiger partial charge on any atom is 0.235 e. The highest BCUT2D eigenvalue weighted by Gasteiger charge is 2.32. The maximum atomic E-state index is 12.4. The number of hydrogen-bond acceptors (Lipinski definition) is 6.